The Bertz CT molecular complexity index is 837. The first-order valence-corrected chi connectivity index (χ1v) is 12.6. The van der Waals surface area contributed by atoms with Crippen molar-refractivity contribution >= 4 is 21.6 Å². The van der Waals surface area contributed by atoms with Gasteiger partial charge in [-0.05, 0) is 57.4 Å². The lowest BCUT2D eigenvalue weighted by molar-refractivity contribution is -0.183. The van der Waals surface area contributed by atoms with Gasteiger partial charge in [0.15, 0.2) is 0 Å². The van der Waals surface area contributed by atoms with Gasteiger partial charge in [0.1, 0.15) is 0 Å². The maximum absolute atomic E-state index is 12.8. The fourth-order valence-corrected chi connectivity index (χ4v) is 5.87. The van der Waals surface area contributed by atoms with Crippen molar-refractivity contribution in [3.63, 3.8) is 0 Å². The van der Waals surface area contributed by atoms with Gasteiger partial charge < -0.3 is 10.1 Å². The van der Waals surface area contributed by atoms with E-state index in [2.05, 4.69) is 24.1 Å². The zero-order chi connectivity index (χ0) is 21.8. The zero-order valence-electron chi connectivity index (χ0n) is 18.1. The van der Waals surface area contributed by atoms with E-state index in [0.717, 1.165) is 26.0 Å². The van der Waals surface area contributed by atoms with Crippen LogP contribution in [0.4, 0.5) is 5.69 Å². The molecule has 0 heterocycles. The SMILES string of the molecule is CCCN(CC(=O)Nc1cccc(S(N)(=O)=O)c1)[C@@H]1C[C@H](OCC)C12CCCCC2. The van der Waals surface area contributed by atoms with Crippen molar-refractivity contribution < 1.29 is 17.9 Å². The van der Waals surface area contributed by atoms with Crippen LogP contribution < -0.4 is 10.5 Å². The number of primary sulfonamides is 1. The highest BCUT2D eigenvalue weighted by atomic mass is 32.2. The molecule has 0 bridgehead atoms. The number of carbonyl (C=O) groups excluding carboxylic acids is 1. The lowest BCUT2D eigenvalue weighted by Gasteiger charge is -2.60. The van der Waals surface area contributed by atoms with E-state index < -0.39 is 10.0 Å². The topological polar surface area (TPSA) is 102 Å². The first-order chi connectivity index (χ1) is 14.3. The van der Waals surface area contributed by atoms with E-state index in [1.165, 1.54) is 44.2 Å². The first-order valence-electron chi connectivity index (χ1n) is 11.1. The standard InChI is InChI=1S/C22H35N3O4S/c1-3-13-25(19-15-20(29-4-2)22(19)11-6-5-7-12-22)16-21(26)24-17-9-8-10-18(14-17)30(23,27)28/h8-10,14,19-20H,3-7,11-13,15-16H2,1-2H3,(H,24,26)(H2,23,27,28)/t19-,20+/m1/s1. The smallest absolute Gasteiger partial charge is 0.238 e. The van der Waals surface area contributed by atoms with Crippen LogP contribution in [-0.4, -0.2) is 51.1 Å². The third-order valence-electron chi connectivity index (χ3n) is 6.64. The van der Waals surface area contributed by atoms with Crippen LogP contribution in [0.1, 0.15) is 58.8 Å². The monoisotopic (exact) mass is 437 g/mol. The van der Waals surface area contributed by atoms with Crippen LogP contribution in [0, 0.1) is 5.41 Å². The van der Waals surface area contributed by atoms with Crippen molar-refractivity contribution in [2.45, 2.75) is 75.8 Å². The number of amides is 1. The van der Waals surface area contributed by atoms with E-state index >= 15 is 0 Å². The number of hydrogen-bond donors (Lipinski definition) is 2. The summed E-state index contributed by atoms with van der Waals surface area (Å²) in [5, 5.41) is 8.04. The number of ether oxygens (including phenoxy) is 1. The second-order valence-corrected chi connectivity index (χ2v) is 10.1. The molecule has 0 unspecified atom stereocenters. The molecule has 3 N–H and O–H groups in total. The molecule has 168 valence electrons. The van der Waals surface area contributed by atoms with Crippen LogP contribution >= 0.6 is 0 Å². The Morgan fingerprint density at radius 1 is 1.27 bits per heavy atom. The highest BCUT2D eigenvalue weighted by Gasteiger charge is 2.57. The summed E-state index contributed by atoms with van der Waals surface area (Å²) in [6.07, 6.45) is 8.31. The minimum absolute atomic E-state index is 0.00887. The summed E-state index contributed by atoms with van der Waals surface area (Å²) in [5.41, 5.74) is 0.605. The highest BCUT2D eigenvalue weighted by Crippen LogP contribution is 2.55. The molecule has 3 rings (SSSR count). The molecule has 1 amide bonds. The third-order valence-corrected chi connectivity index (χ3v) is 7.55. The van der Waals surface area contributed by atoms with E-state index in [1.807, 2.05) is 0 Å². The lowest BCUT2D eigenvalue weighted by Crippen LogP contribution is -2.66. The van der Waals surface area contributed by atoms with Gasteiger partial charge in [0.05, 0.1) is 17.5 Å². The van der Waals surface area contributed by atoms with Crippen LogP contribution in [0.25, 0.3) is 0 Å². The quantitative estimate of drug-likeness (QED) is 0.618. The van der Waals surface area contributed by atoms with Crippen LogP contribution in [-0.2, 0) is 19.6 Å². The molecule has 2 atom stereocenters. The molecule has 0 aliphatic heterocycles. The molecule has 0 radical (unpaired) electrons. The summed E-state index contributed by atoms with van der Waals surface area (Å²) in [4.78, 5) is 15.1. The second kappa shape index (κ2) is 9.77. The van der Waals surface area contributed by atoms with Crippen LogP contribution in [0.15, 0.2) is 29.2 Å². The van der Waals surface area contributed by atoms with E-state index in [9.17, 15) is 13.2 Å². The first kappa shape index (κ1) is 23.2. The molecule has 0 saturated heterocycles. The molecule has 1 aromatic rings. The molecule has 2 aliphatic carbocycles. The minimum atomic E-state index is -3.81. The van der Waals surface area contributed by atoms with Gasteiger partial charge >= 0.3 is 0 Å². The Balaban J connectivity index is 1.70. The van der Waals surface area contributed by atoms with Gasteiger partial charge in [0.2, 0.25) is 15.9 Å². The van der Waals surface area contributed by atoms with E-state index in [4.69, 9.17) is 9.88 Å². The van der Waals surface area contributed by atoms with Gasteiger partial charge in [-0.25, -0.2) is 13.6 Å². The highest BCUT2D eigenvalue weighted by molar-refractivity contribution is 7.89. The summed E-state index contributed by atoms with van der Waals surface area (Å²) in [5.74, 6) is -0.138. The average Bonchev–Trinajstić information content (AvgIpc) is 2.71. The predicted molar refractivity (Wildman–Crippen MR) is 118 cm³/mol. The number of anilines is 1. The van der Waals surface area contributed by atoms with Gasteiger partial charge in [-0.1, -0.05) is 32.3 Å². The Kier molecular flexibility index (Phi) is 7.55. The maximum atomic E-state index is 12.8. The molecule has 1 aromatic carbocycles. The molecule has 2 aliphatic rings. The minimum Gasteiger partial charge on any atom is -0.378 e. The number of benzene rings is 1. The summed E-state index contributed by atoms with van der Waals surface area (Å²) in [6, 6.07) is 6.43. The Morgan fingerprint density at radius 3 is 2.63 bits per heavy atom. The molecule has 30 heavy (non-hydrogen) atoms. The van der Waals surface area contributed by atoms with Gasteiger partial charge in [-0.3, -0.25) is 9.69 Å². The molecule has 0 aromatic heterocycles. The number of hydrogen-bond acceptors (Lipinski definition) is 5. The second-order valence-electron chi connectivity index (χ2n) is 8.58. The maximum Gasteiger partial charge on any atom is 0.238 e. The van der Waals surface area contributed by atoms with Gasteiger partial charge in [0.25, 0.3) is 0 Å². The molecule has 2 saturated carbocycles. The fraction of sp³-hybridized carbons (Fsp3) is 0.682. The largest absolute Gasteiger partial charge is 0.378 e. The number of sulfonamides is 1. The fourth-order valence-electron chi connectivity index (χ4n) is 5.31. The Hall–Kier alpha value is -1.48. The molecular formula is C22H35N3O4S. The molecule has 7 nitrogen and oxygen atoms in total. The van der Waals surface area contributed by atoms with E-state index in [1.54, 1.807) is 12.1 Å². The van der Waals surface area contributed by atoms with E-state index in [-0.39, 0.29) is 16.2 Å². The van der Waals surface area contributed by atoms with Gasteiger partial charge in [0, 0.05) is 23.8 Å². The lowest BCUT2D eigenvalue weighted by atomic mass is 9.54. The number of rotatable bonds is 9. The normalized spacial score (nSPS) is 23.3. The zero-order valence-corrected chi connectivity index (χ0v) is 18.9. The van der Waals surface area contributed by atoms with Crippen LogP contribution in [0.3, 0.4) is 0 Å². The molecule has 2 fully saturated rings. The number of nitrogens with zero attached hydrogens (tertiary/aromatic N) is 1. The molecule has 1 spiro atoms. The summed E-state index contributed by atoms with van der Waals surface area (Å²) in [7, 11) is -3.81. The summed E-state index contributed by atoms with van der Waals surface area (Å²) < 4.78 is 29.2. The van der Waals surface area contributed by atoms with E-state index in [0.29, 0.717) is 24.4 Å². The van der Waals surface area contributed by atoms with Crippen molar-refractivity contribution in [3.8, 4) is 0 Å². The number of nitrogens with two attached hydrogens (primary N) is 1. The van der Waals surface area contributed by atoms with Crippen molar-refractivity contribution in [1.82, 2.24) is 4.90 Å². The van der Waals surface area contributed by atoms with Gasteiger partial charge in [-0.15, -0.1) is 0 Å². The Labute approximate surface area is 180 Å². The van der Waals surface area contributed by atoms with Crippen molar-refractivity contribution in [2.24, 2.45) is 10.6 Å². The van der Waals surface area contributed by atoms with Crippen molar-refractivity contribution in [1.29, 1.82) is 0 Å². The van der Waals surface area contributed by atoms with Crippen LogP contribution in [0.2, 0.25) is 0 Å². The third kappa shape index (κ3) is 5.04. The number of nitrogens with one attached hydrogen (secondary N) is 1. The van der Waals surface area contributed by atoms with Crippen molar-refractivity contribution in [3.05, 3.63) is 24.3 Å². The summed E-state index contributed by atoms with van der Waals surface area (Å²) in [6.45, 7) is 6.06. The van der Waals surface area contributed by atoms with Gasteiger partial charge in [-0.2, -0.15) is 0 Å². The summed E-state index contributed by atoms with van der Waals surface area (Å²) >= 11 is 0. The average molecular weight is 438 g/mol. The number of carbonyl (C=O) groups is 1. The molecular weight excluding hydrogens is 402 g/mol. The Morgan fingerprint density at radius 2 is 2.00 bits per heavy atom. The van der Waals surface area contributed by atoms with Crippen LogP contribution in [0.5, 0.6) is 0 Å². The van der Waals surface area contributed by atoms with Crippen molar-refractivity contribution in [2.75, 3.05) is 25.0 Å². The molecule has 8 heteroatoms. The predicted octanol–water partition coefficient (Wildman–Crippen LogP) is 3.11.